The highest BCUT2D eigenvalue weighted by Crippen LogP contribution is 2.28. The van der Waals surface area contributed by atoms with Gasteiger partial charge in [0.15, 0.2) is 17.8 Å². The van der Waals surface area contributed by atoms with E-state index in [2.05, 4.69) is 22.1 Å². The first-order chi connectivity index (χ1) is 8.81. The smallest absolute Gasteiger partial charge is 0.166 e. The SMILES string of the molecule is CN1CCCCC1c1nnc2cccc(C=O)n12. The number of piperidine rings is 1. The number of rotatable bonds is 2. The summed E-state index contributed by atoms with van der Waals surface area (Å²) in [6.45, 7) is 1.07. The van der Waals surface area contributed by atoms with Crippen LogP contribution in [0, 0.1) is 0 Å². The first-order valence-electron chi connectivity index (χ1n) is 6.30. The highest BCUT2D eigenvalue weighted by molar-refractivity contribution is 5.74. The number of carbonyl (C=O) groups is 1. The number of likely N-dealkylation sites (tertiary alicyclic amines) is 1. The molecule has 94 valence electrons. The monoisotopic (exact) mass is 244 g/mol. The van der Waals surface area contributed by atoms with Crippen molar-refractivity contribution in [2.75, 3.05) is 13.6 Å². The predicted octanol–water partition coefficient (Wildman–Crippen LogP) is 1.70. The summed E-state index contributed by atoms with van der Waals surface area (Å²) < 4.78 is 1.87. The Kier molecular flexibility index (Phi) is 2.83. The minimum Gasteiger partial charge on any atom is -0.296 e. The van der Waals surface area contributed by atoms with Gasteiger partial charge in [0.05, 0.1) is 11.7 Å². The zero-order chi connectivity index (χ0) is 12.5. The Hall–Kier alpha value is -1.75. The van der Waals surface area contributed by atoms with E-state index in [4.69, 9.17) is 0 Å². The average Bonchev–Trinajstić information content (AvgIpc) is 2.83. The minimum absolute atomic E-state index is 0.259. The molecule has 1 atom stereocenters. The van der Waals surface area contributed by atoms with E-state index < -0.39 is 0 Å². The third kappa shape index (κ3) is 1.71. The molecule has 0 spiro atoms. The van der Waals surface area contributed by atoms with E-state index in [-0.39, 0.29) is 6.04 Å². The number of carbonyl (C=O) groups excluding carboxylic acids is 1. The molecule has 1 fully saturated rings. The molecule has 0 N–H and O–H groups in total. The molecular formula is C13H16N4O. The summed E-state index contributed by atoms with van der Waals surface area (Å²) in [5.74, 6) is 0.884. The van der Waals surface area contributed by atoms with Crippen LogP contribution in [0.2, 0.25) is 0 Å². The van der Waals surface area contributed by atoms with Crippen LogP contribution < -0.4 is 0 Å². The van der Waals surface area contributed by atoms with Crippen LogP contribution in [0.4, 0.5) is 0 Å². The quantitative estimate of drug-likeness (QED) is 0.754. The molecule has 2 aromatic heterocycles. The zero-order valence-electron chi connectivity index (χ0n) is 10.4. The number of pyridine rings is 1. The summed E-state index contributed by atoms with van der Waals surface area (Å²) >= 11 is 0. The number of hydrogen-bond donors (Lipinski definition) is 0. The molecule has 1 aliphatic heterocycles. The lowest BCUT2D eigenvalue weighted by Crippen LogP contribution is -2.31. The van der Waals surface area contributed by atoms with Gasteiger partial charge in [0.25, 0.3) is 0 Å². The van der Waals surface area contributed by atoms with Crippen molar-refractivity contribution in [3.8, 4) is 0 Å². The Labute approximate surface area is 105 Å². The normalized spacial score (nSPS) is 21.3. The Morgan fingerprint density at radius 2 is 2.22 bits per heavy atom. The van der Waals surface area contributed by atoms with Gasteiger partial charge in [0.2, 0.25) is 0 Å². The van der Waals surface area contributed by atoms with Crippen LogP contribution in [-0.4, -0.2) is 39.4 Å². The number of aromatic nitrogens is 3. The van der Waals surface area contributed by atoms with Gasteiger partial charge in [0, 0.05) is 0 Å². The molecule has 1 saturated heterocycles. The largest absolute Gasteiger partial charge is 0.296 e. The van der Waals surface area contributed by atoms with Crippen LogP contribution >= 0.6 is 0 Å². The van der Waals surface area contributed by atoms with E-state index in [9.17, 15) is 4.79 Å². The second kappa shape index (κ2) is 4.49. The van der Waals surface area contributed by atoms with Crippen LogP contribution in [0.5, 0.6) is 0 Å². The molecule has 1 unspecified atom stereocenters. The first-order valence-corrected chi connectivity index (χ1v) is 6.30. The lowest BCUT2D eigenvalue weighted by Gasteiger charge is -2.31. The lowest BCUT2D eigenvalue weighted by molar-refractivity contribution is 0.111. The van der Waals surface area contributed by atoms with Crippen molar-refractivity contribution in [1.82, 2.24) is 19.5 Å². The van der Waals surface area contributed by atoms with Gasteiger partial charge in [0.1, 0.15) is 0 Å². The third-order valence-corrected chi connectivity index (χ3v) is 3.67. The van der Waals surface area contributed by atoms with E-state index in [0.29, 0.717) is 5.69 Å². The molecule has 0 radical (unpaired) electrons. The average molecular weight is 244 g/mol. The van der Waals surface area contributed by atoms with Gasteiger partial charge in [-0.2, -0.15) is 0 Å². The standard InChI is InChI=1S/C13H16N4O/c1-16-8-3-2-6-11(16)13-15-14-12-7-4-5-10(9-18)17(12)13/h4-5,7,9,11H,2-3,6,8H2,1H3. The van der Waals surface area contributed by atoms with Crippen LogP contribution in [0.1, 0.15) is 41.6 Å². The highest BCUT2D eigenvalue weighted by atomic mass is 16.1. The number of hydrogen-bond acceptors (Lipinski definition) is 4. The van der Waals surface area contributed by atoms with Crippen LogP contribution in [0.15, 0.2) is 18.2 Å². The van der Waals surface area contributed by atoms with E-state index in [0.717, 1.165) is 30.7 Å². The van der Waals surface area contributed by atoms with E-state index in [1.807, 2.05) is 16.5 Å². The molecule has 3 heterocycles. The molecule has 1 aliphatic rings. The van der Waals surface area contributed by atoms with Gasteiger partial charge >= 0.3 is 0 Å². The summed E-state index contributed by atoms with van der Waals surface area (Å²) in [5, 5.41) is 8.45. The fourth-order valence-electron chi connectivity index (χ4n) is 2.70. The van der Waals surface area contributed by atoms with Crippen LogP contribution in [0.25, 0.3) is 5.65 Å². The molecule has 5 nitrogen and oxygen atoms in total. The Bertz CT molecular complexity index is 577. The second-order valence-electron chi connectivity index (χ2n) is 4.81. The molecule has 3 rings (SSSR count). The van der Waals surface area contributed by atoms with Gasteiger partial charge in [-0.25, -0.2) is 0 Å². The molecule has 18 heavy (non-hydrogen) atoms. The van der Waals surface area contributed by atoms with Gasteiger partial charge in [-0.15, -0.1) is 10.2 Å². The van der Waals surface area contributed by atoms with E-state index >= 15 is 0 Å². The minimum atomic E-state index is 0.259. The van der Waals surface area contributed by atoms with Crippen LogP contribution in [0.3, 0.4) is 0 Å². The first kappa shape index (κ1) is 11.3. The van der Waals surface area contributed by atoms with E-state index in [1.165, 1.54) is 12.8 Å². The van der Waals surface area contributed by atoms with Gasteiger partial charge in [-0.3, -0.25) is 14.1 Å². The third-order valence-electron chi connectivity index (χ3n) is 3.67. The van der Waals surface area contributed by atoms with Crippen LogP contribution in [-0.2, 0) is 0 Å². The van der Waals surface area contributed by atoms with Crippen molar-refractivity contribution < 1.29 is 4.79 Å². The zero-order valence-corrected chi connectivity index (χ0v) is 10.4. The molecule has 0 aliphatic carbocycles. The van der Waals surface area contributed by atoms with Gasteiger partial charge in [-0.1, -0.05) is 12.5 Å². The maximum atomic E-state index is 11.1. The number of nitrogens with zero attached hydrogens (tertiary/aromatic N) is 4. The number of fused-ring (bicyclic) bond motifs is 1. The highest BCUT2D eigenvalue weighted by Gasteiger charge is 2.25. The Morgan fingerprint density at radius 3 is 3.00 bits per heavy atom. The van der Waals surface area contributed by atoms with Crippen molar-refractivity contribution in [3.05, 3.63) is 29.7 Å². The topological polar surface area (TPSA) is 50.5 Å². The summed E-state index contributed by atoms with van der Waals surface area (Å²) in [6.07, 6.45) is 4.37. The van der Waals surface area contributed by atoms with E-state index in [1.54, 1.807) is 6.07 Å². The van der Waals surface area contributed by atoms with Crippen molar-refractivity contribution in [1.29, 1.82) is 0 Å². The Balaban J connectivity index is 2.13. The fraction of sp³-hybridized carbons (Fsp3) is 0.462. The summed E-state index contributed by atoms with van der Waals surface area (Å²) in [4.78, 5) is 13.4. The van der Waals surface area contributed by atoms with Crippen molar-refractivity contribution in [2.45, 2.75) is 25.3 Å². The maximum Gasteiger partial charge on any atom is 0.166 e. The fourth-order valence-corrected chi connectivity index (χ4v) is 2.70. The second-order valence-corrected chi connectivity index (χ2v) is 4.81. The number of aldehydes is 1. The lowest BCUT2D eigenvalue weighted by atomic mass is 10.0. The summed E-state index contributed by atoms with van der Waals surface area (Å²) in [6, 6.07) is 5.78. The summed E-state index contributed by atoms with van der Waals surface area (Å²) in [5.41, 5.74) is 1.36. The summed E-state index contributed by atoms with van der Waals surface area (Å²) in [7, 11) is 2.11. The van der Waals surface area contributed by atoms with Crippen molar-refractivity contribution in [2.24, 2.45) is 0 Å². The molecule has 0 bridgehead atoms. The predicted molar refractivity (Wildman–Crippen MR) is 67.6 cm³/mol. The molecular weight excluding hydrogens is 228 g/mol. The van der Waals surface area contributed by atoms with Crippen molar-refractivity contribution >= 4 is 11.9 Å². The molecule has 0 amide bonds. The molecule has 2 aromatic rings. The van der Waals surface area contributed by atoms with Gasteiger partial charge < -0.3 is 0 Å². The Morgan fingerprint density at radius 1 is 1.33 bits per heavy atom. The molecule has 5 heteroatoms. The molecule has 0 saturated carbocycles. The van der Waals surface area contributed by atoms with Gasteiger partial charge in [-0.05, 0) is 38.6 Å². The maximum absolute atomic E-state index is 11.1. The van der Waals surface area contributed by atoms with Crippen molar-refractivity contribution in [3.63, 3.8) is 0 Å². The molecule has 0 aromatic carbocycles.